The Morgan fingerprint density at radius 2 is 1.57 bits per heavy atom. The molecule has 2 amide bonds. The number of alkyl halides is 3. The highest BCUT2D eigenvalue weighted by molar-refractivity contribution is 6.33. The molecule has 14 heteroatoms. The third-order valence-electron chi connectivity index (χ3n) is 10.5. The van der Waals surface area contributed by atoms with Crippen molar-refractivity contribution in [2.75, 3.05) is 45.0 Å². The Kier molecular flexibility index (Phi) is 10.7. The van der Waals surface area contributed by atoms with Crippen molar-refractivity contribution in [3.8, 4) is 11.4 Å². The number of nitrogens with zero attached hydrogens (tertiary/aromatic N) is 4. The summed E-state index contributed by atoms with van der Waals surface area (Å²) in [6.45, 7) is 3.84. The molecule has 4 N–H and O–H groups in total. The first kappa shape index (κ1) is 35.0. The van der Waals surface area contributed by atoms with Gasteiger partial charge in [0.2, 0.25) is 11.8 Å². The van der Waals surface area contributed by atoms with E-state index in [0.717, 1.165) is 50.4 Å². The molecule has 10 nitrogen and oxygen atoms in total. The first-order valence-corrected chi connectivity index (χ1v) is 17.5. The summed E-state index contributed by atoms with van der Waals surface area (Å²) >= 11 is 6.13. The van der Waals surface area contributed by atoms with Crippen molar-refractivity contribution in [1.29, 1.82) is 0 Å². The van der Waals surface area contributed by atoms with Gasteiger partial charge in [-0.05, 0) is 87.6 Å². The number of carbonyl (C=O) groups excluding carboxylic acids is 2. The van der Waals surface area contributed by atoms with E-state index in [4.69, 9.17) is 17.3 Å². The molecule has 0 spiro atoms. The van der Waals surface area contributed by atoms with Gasteiger partial charge in [0, 0.05) is 38.2 Å². The minimum absolute atomic E-state index is 0.0801. The zero-order valence-electron chi connectivity index (χ0n) is 27.4. The summed E-state index contributed by atoms with van der Waals surface area (Å²) in [6.07, 6.45) is 0.0167. The first-order chi connectivity index (χ1) is 23.5. The van der Waals surface area contributed by atoms with Crippen LogP contribution in [0.25, 0.3) is 11.4 Å². The lowest BCUT2D eigenvalue weighted by atomic mass is 9.79. The van der Waals surface area contributed by atoms with Gasteiger partial charge in [-0.25, -0.2) is 9.48 Å². The number of hydrogen-bond donors (Lipinski definition) is 3. The Labute approximate surface area is 288 Å². The molecule has 3 aliphatic rings. The highest BCUT2D eigenvalue weighted by Crippen LogP contribution is 2.39. The molecular weight excluding hydrogens is 659 g/mol. The average Bonchev–Trinajstić information content (AvgIpc) is 3.51. The van der Waals surface area contributed by atoms with Gasteiger partial charge in [-0.2, -0.15) is 13.2 Å². The topological polar surface area (TPSA) is 129 Å². The number of hydrogen-bond acceptors (Lipinski definition) is 6. The molecule has 0 bridgehead atoms. The van der Waals surface area contributed by atoms with Crippen molar-refractivity contribution in [3.63, 3.8) is 0 Å². The van der Waals surface area contributed by atoms with Crippen molar-refractivity contribution in [2.24, 2.45) is 17.8 Å². The van der Waals surface area contributed by atoms with E-state index in [1.807, 2.05) is 30.3 Å². The SMILES string of the molecule is Nc1c(Cl)cc(C[C@@H](CC(=O)N2CCC(n3nc(-c4ccccc4)[nH]c3=O)CC2)C(=O)N2CCC(C3CCNCC3)CC2)cc1C(F)(F)F. The third kappa shape index (κ3) is 8.15. The van der Waals surface area contributed by atoms with Crippen molar-refractivity contribution in [2.45, 2.75) is 63.6 Å². The largest absolute Gasteiger partial charge is 0.418 e. The number of nitrogens with two attached hydrogens (primary N) is 1. The van der Waals surface area contributed by atoms with Gasteiger partial charge in [0.25, 0.3) is 0 Å². The van der Waals surface area contributed by atoms with E-state index >= 15 is 0 Å². The van der Waals surface area contributed by atoms with Crippen LogP contribution in [0.3, 0.4) is 0 Å². The summed E-state index contributed by atoms with van der Waals surface area (Å²) in [4.78, 5) is 46.8. The Morgan fingerprint density at radius 3 is 2.22 bits per heavy atom. The highest BCUT2D eigenvalue weighted by Gasteiger charge is 2.37. The second-order valence-corrected chi connectivity index (χ2v) is 14.0. The Morgan fingerprint density at radius 1 is 0.939 bits per heavy atom. The number of nitrogens with one attached hydrogen (secondary N) is 2. The lowest BCUT2D eigenvalue weighted by molar-refractivity contribution is -0.143. The van der Waals surface area contributed by atoms with E-state index in [1.165, 1.54) is 10.7 Å². The number of aromatic amines is 1. The van der Waals surface area contributed by atoms with Crippen LogP contribution in [-0.4, -0.2) is 75.6 Å². The van der Waals surface area contributed by atoms with Crippen LogP contribution in [0.15, 0.2) is 47.3 Å². The second-order valence-electron chi connectivity index (χ2n) is 13.6. The number of aromatic nitrogens is 3. The van der Waals surface area contributed by atoms with Crippen molar-refractivity contribution < 1.29 is 22.8 Å². The number of rotatable bonds is 8. The predicted molar refractivity (Wildman–Crippen MR) is 181 cm³/mol. The quantitative estimate of drug-likeness (QED) is 0.279. The normalized spacial score (nSPS) is 19.3. The fourth-order valence-electron chi connectivity index (χ4n) is 7.73. The molecular formula is C35H43ClF3N7O3. The Balaban J connectivity index is 1.14. The number of H-pyrrole nitrogens is 1. The predicted octanol–water partition coefficient (Wildman–Crippen LogP) is 5.14. The molecule has 1 atom stereocenters. The van der Waals surface area contributed by atoms with E-state index in [9.17, 15) is 27.6 Å². The molecule has 264 valence electrons. The minimum atomic E-state index is -4.72. The lowest BCUT2D eigenvalue weighted by Crippen LogP contribution is -2.46. The fraction of sp³-hybridized carbons (Fsp3) is 0.543. The molecule has 3 saturated heterocycles. The van der Waals surface area contributed by atoms with Gasteiger partial charge in [-0.15, -0.1) is 5.10 Å². The first-order valence-electron chi connectivity index (χ1n) is 17.1. The maximum absolute atomic E-state index is 14.0. The van der Waals surface area contributed by atoms with Crippen molar-refractivity contribution >= 4 is 29.1 Å². The van der Waals surface area contributed by atoms with E-state index in [1.54, 1.807) is 9.80 Å². The monoisotopic (exact) mass is 701 g/mol. The van der Waals surface area contributed by atoms with Crippen LogP contribution in [0.5, 0.6) is 0 Å². The molecule has 6 rings (SSSR count). The van der Waals surface area contributed by atoms with Gasteiger partial charge in [0.1, 0.15) is 0 Å². The number of halogens is 4. The summed E-state index contributed by atoms with van der Waals surface area (Å²) in [7, 11) is 0. The average molecular weight is 702 g/mol. The molecule has 1 aromatic heterocycles. The Bertz CT molecular complexity index is 1670. The molecule has 3 aromatic rings. The number of carbonyl (C=O) groups is 2. The van der Waals surface area contributed by atoms with Gasteiger partial charge in [0.05, 0.1) is 28.2 Å². The van der Waals surface area contributed by atoms with Crippen molar-refractivity contribution in [1.82, 2.24) is 29.9 Å². The molecule has 0 aliphatic carbocycles. The summed E-state index contributed by atoms with van der Waals surface area (Å²) in [5.41, 5.74) is 4.73. The lowest BCUT2D eigenvalue weighted by Gasteiger charge is -2.39. The van der Waals surface area contributed by atoms with Crippen LogP contribution in [0.4, 0.5) is 18.9 Å². The number of piperidine rings is 3. The third-order valence-corrected chi connectivity index (χ3v) is 10.8. The van der Waals surface area contributed by atoms with Crippen LogP contribution >= 0.6 is 11.6 Å². The molecule has 0 unspecified atom stereocenters. The zero-order valence-corrected chi connectivity index (χ0v) is 28.1. The number of amides is 2. The van der Waals surface area contributed by atoms with Crippen LogP contribution in [-0.2, 0) is 22.2 Å². The number of nitrogen functional groups attached to an aromatic ring is 1. The van der Waals surface area contributed by atoms with Gasteiger partial charge in [-0.1, -0.05) is 41.9 Å². The van der Waals surface area contributed by atoms with Crippen LogP contribution in [0.2, 0.25) is 5.02 Å². The molecule has 49 heavy (non-hydrogen) atoms. The van der Waals surface area contributed by atoms with Gasteiger partial charge in [0.15, 0.2) is 5.82 Å². The summed E-state index contributed by atoms with van der Waals surface area (Å²) < 4.78 is 42.8. The minimum Gasteiger partial charge on any atom is -0.397 e. The van der Waals surface area contributed by atoms with E-state index < -0.39 is 23.3 Å². The molecule has 0 saturated carbocycles. The van der Waals surface area contributed by atoms with Crippen LogP contribution in [0.1, 0.15) is 62.1 Å². The summed E-state index contributed by atoms with van der Waals surface area (Å²) in [5, 5.41) is 7.67. The van der Waals surface area contributed by atoms with Gasteiger partial charge >= 0.3 is 11.9 Å². The fourth-order valence-corrected chi connectivity index (χ4v) is 7.97. The Hall–Kier alpha value is -3.84. The smallest absolute Gasteiger partial charge is 0.397 e. The number of likely N-dealkylation sites (tertiary alicyclic amines) is 2. The van der Waals surface area contributed by atoms with E-state index in [2.05, 4.69) is 15.4 Å². The van der Waals surface area contributed by atoms with E-state index in [-0.39, 0.29) is 47.0 Å². The maximum atomic E-state index is 14.0. The standard InChI is InChI=1S/C35H43ClF3N7O3/c36-29-20-22(19-28(31(29)40)35(37,38)39)18-26(33(48)45-14-8-24(9-15-45)23-6-12-41-13-7-23)21-30(47)44-16-10-27(11-17-44)46-34(49)42-32(43-46)25-4-2-1-3-5-25/h1-5,19-20,23-24,26-27,41H,6-18,21,40H2,(H,42,43,49)/t26-/m0/s1. The molecule has 3 aliphatic heterocycles. The van der Waals surface area contributed by atoms with Crippen LogP contribution in [0, 0.1) is 17.8 Å². The number of benzene rings is 2. The second kappa shape index (κ2) is 15.0. The zero-order chi connectivity index (χ0) is 34.7. The number of anilines is 1. The highest BCUT2D eigenvalue weighted by atomic mass is 35.5. The summed E-state index contributed by atoms with van der Waals surface area (Å²) in [5.74, 6) is 0.274. The van der Waals surface area contributed by atoms with Gasteiger partial charge in [-0.3, -0.25) is 14.6 Å². The van der Waals surface area contributed by atoms with Gasteiger partial charge < -0.3 is 20.9 Å². The van der Waals surface area contributed by atoms with E-state index in [0.29, 0.717) is 56.7 Å². The van der Waals surface area contributed by atoms with Crippen LogP contribution < -0.4 is 16.7 Å². The summed E-state index contributed by atoms with van der Waals surface area (Å²) in [6, 6.07) is 11.4. The van der Waals surface area contributed by atoms with Crippen molar-refractivity contribution in [3.05, 3.63) is 69.1 Å². The molecule has 3 fully saturated rings. The molecule has 0 radical (unpaired) electrons. The maximum Gasteiger partial charge on any atom is 0.418 e. The molecule has 2 aromatic carbocycles. The molecule has 4 heterocycles.